The molecule has 5 nitrogen and oxygen atoms in total. The van der Waals surface area contributed by atoms with Gasteiger partial charge in [-0.05, 0) is 47.9 Å². The summed E-state index contributed by atoms with van der Waals surface area (Å²) in [6.07, 6.45) is 6.01. The zero-order valence-electron chi connectivity index (χ0n) is 14.1. The number of pyridine rings is 2. The van der Waals surface area contributed by atoms with Crippen molar-refractivity contribution in [1.82, 2.24) is 9.97 Å². The average Bonchev–Trinajstić information content (AvgIpc) is 2.68. The Morgan fingerprint density at radius 1 is 1.04 bits per heavy atom. The summed E-state index contributed by atoms with van der Waals surface area (Å²) in [5, 5.41) is 6.24. The number of para-hydroxylation sites is 1. The molecule has 0 saturated carbocycles. The van der Waals surface area contributed by atoms with Gasteiger partial charge in [-0.3, -0.25) is 14.8 Å². The van der Waals surface area contributed by atoms with Crippen molar-refractivity contribution < 1.29 is 4.79 Å². The van der Waals surface area contributed by atoms with Gasteiger partial charge in [0.2, 0.25) is 0 Å². The maximum atomic E-state index is 12.5. The number of amides is 1. The highest BCUT2D eigenvalue weighted by atomic mass is 16.1. The fourth-order valence-corrected chi connectivity index (χ4v) is 2.51. The van der Waals surface area contributed by atoms with Crippen LogP contribution in [0.25, 0.3) is 0 Å². The first-order valence-corrected chi connectivity index (χ1v) is 8.24. The van der Waals surface area contributed by atoms with Crippen molar-refractivity contribution >= 4 is 17.3 Å². The fourth-order valence-electron chi connectivity index (χ4n) is 2.51. The molecule has 0 spiro atoms. The van der Waals surface area contributed by atoms with Crippen LogP contribution in [0.2, 0.25) is 0 Å². The monoisotopic (exact) mass is 332 g/mol. The van der Waals surface area contributed by atoms with E-state index >= 15 is 0 Å². The maximum Gasteiger partial charge on any atom is 0.274 e. The third kappa shape index (κ3) is 4.41. The molecule has 0 aliphatic heterocycles. The lowest BCUT2D eigenvalue weighted by Crippen LogP contribution is -2.15. The van der Waals surface area contributed by atoms with Crippen molar-refractivity contribution in [3.05, 3.63) is 83.9 Å². The van der Waals surface area contributed by atoms with Crippen LogP contribution in [0.4, 0.5) is 11.4 Å². The average molecular weight is 332 g/mol. The van der Waals surface area contributed by atoms with E-state index < -0.39 is 0 Å². The lowest BCUT2D eigenvalue weighted by Gasteiger charge is -2.10. The van der Waals surface area contributed by atoms with Crippen LogP contribution >= 0.6 is 0 Å². The molecule has 2 aromatic heterocycles. The largest absolute Gasteiger partial charge is 0.381 e. The number of nitrogens with one attached hydrogen (secondary N) is 2. The zero-order valence-corrected chi connectivity index (χ0v) is 14.1. The third-order valence-corrected chi connectivity index (χ3v) is 3.89. The van der Waals surface area contributed by atoms with Crippen LogP contribution in [0.3, 0.4) is 0 Å². The Labute approximate surface area is 147 Å². The maximum absolute atomic E-state index is 12.5. The summed E-state index contributed by atoms with van der Waals surface area (Å²) in [6.45, 7) is 2.72. The van der Waals surface area contributed by atoms with Crippen LogP contribution in [0.5, 0.6) is 0 Å². The first-order valence-electron chi connectivity index (χ1n) is 8.24. The minimum Gasteiger partial charge on any atom is -0.381 e. The van der Waals surface area contributed by atoms with Gasteiger partial charge in [0.25, 0.3) is 5.91 Å². The van der Waals surface area contributed by atoms with Gasteiger partial charge in [0, 0.05) is 36.5 Å². The Morgan fingerprint density at radius 2 is 1.84 bits per heavy atom. The normalized spacial score (nSPS) is 10.3. The summed E-state index contributed by atoms with van der Waals surface area (Å²) >= 11 is 0. The molecule has 0 fully saturated rings. The predicted molar refractivity (Wildman–Crippen MR) is 99.6 cm³/mol. The SMILES string of the molecule is CCc1ccccc1NC(=O)c1cc(NCc2ccncc2)ccn1. The van der Waals surface area contributed by atoms with Crippen molar-refractivity contribution in [2.75, 3.05) is 10.6 Å². The fraction of sp³-hybridized carbons (Fsp3) is 0.150. The van der Waals surface area contributed by atoms with Crippen LogP contribution in [0.1, 0.15) is 28.5 Å². The highest BCUT2D eigenvalue weighted by molar-refractivity contribution is 6.03. The number of rotatable bonds is 6. The van der Waals surface area contributed by atoms with Crippen LogP contribution in [-0.2, 0) is 13.0 Å². The van der Waals surface area contributed by atoms with Crippen molar-refractivity contribution in [1.29, 1.82) is 0 Å². The molecule has 1 amide bonds. The van der Waals surface area contributed by atoms with Crippen LogP contribution < -0.4 is 10.6 Å². The molecule has 0 unspecified atom stereocenters. The Kier molecular flexibility index (Phi) is 5.36. The summed E-state index contributed by atoms with van der Waals surface area (Å²) in [4.78, 5) is 20.7. The van der Waals surface area contributed by atoms with Gasteiger partial charge in [-0.15, -0.1) is 0 Å². The topological polar surface area (TPSA) is 66.9 Å². The molecular formula is C20H20N4O. The smallest absolute Gasteiger partial charge is 0.274 e. The number of aromatic nitrogens is 2. The van der Waals surface area contributed by atoms with Crippen LogP contribution in [0.15, 0.2) is 67.1 Å². The number of hydrogen-bond acceptors (Lipinski definition) is 4. The number of anilines is 2. The highest BCUT2D eigenvalue weighted by Crippen LogP contribution is 2.17. The second-order valence-electron chi connectivity index (χ2n) is 5.60. The molecule has 5 heteroatoms. The quantitative estimate of drug-likeness (QED) is 0.718. The second-order valence-corrected chi connectivity index (χ2v) is 5.60. The molecule has 1 aromatic carbocycles. The van der Waals surface area contributed by atoms with E-state index in [1.807, 2.05) is 42.5 Å². The molecule has 0 radical (unpaired) electrons. The second kappa shape index (κ2) is 8.06. The van der Waals surface area contributed by atoms with E-state index in [2.05, 4.69) is 27.5 Å². The Balaban J connectivity index is 1.69. The molecule has 3 aromatic rings. The van der Waals surface area contributed by atoms with Crippen LogP contribution in [-0.4, -0.2) is 15.9 Å². The first-order chi connectivity index (χ1) is 12.3. The van der Waals surface area contributed by atoms with Crippen molar-refractivity contribution in [3.63, 3.8) is 0 Å². The molecular weight excluding hydrogens is 312 g/mol. The van der Waals surface area contributed by atoms with Gasteiger partial charge in [-0.1, -0.05) is 25.1 Å². The number of hydrogen-bond donors (Lipinski definition) is 2. The molecule has 0 aliphatic rings. The minimum absolute atomic E-state index is 0.214. The summed E-state index contributed by atoms with van der Waals surface area (Å²) < 4.78 is 0. The number of carbonyl (C=O) groups excluding carboxylic acids is 1. The minimum atomic E-state index is -0.214. The Morgan fingerprint density at radius 3 is 2.64 bits per heavy atom. The molecule has 3 rings (SSSR count). The summed E-state index contributed by atoms with van der Waals surface area (Å²) in [5.74, 6) is -0.214. The van der Waals surface area contributed by atoms with Gasteiger partial charge in [0.15, 0.2) is 0 Å². The molecule has 2 heterocycles. The molecule has 2 N–H and O–H groups in total. The van der Waals surface area contributed by atoms with E-state index in [4.69, 9.17) is 0 Å². The third-order valence-electron chi connectivity index (χ3n) is 3.89. The van der Waals surface area contributed by atoms with Gasteiger partial charge in [0.1, 0.15) is 5.69 Å². The van der Waals surface area contributed by atoms with E-state index in [1.54, 1.807) is 24.7 Å². The summed E-state index contributed by atoms with van der Waals surface area (Å²) in [5.41, 5.74) is 4.27. The first kappa shape index (κ1) is 16.6. The molecule has 126 valence electrons. The highest BCUT2D eigenvalue weighted by Gasteiger charge is 2.10. The number of nitrogens with zero attached hydrogens (tertiary/aromatic N) is 2. The van der Waals surface area contributed by atoms with Crippen molar-refractivity contribution in [2.45, 2.75) is 19.9 Å². The van der Waals surface area contributed by atoms with Crippen molar-refractivity contribution in [2.24, 2.45) is 0 Å². The lowest BCUT2D eigenvalue weighted by atomic mass is 10.1. The molecule has 0 saturated heterocycles. The summed E-state index contributed by atoms with van der Waals surface area (Å²) in [6, 6.07) is 15.3. The summed E-state index contributed by atoms with van der Waals surface area (Å²) in [7, 11) is 0. The van der Waals surface area contributed by atoms with Crippen LogP contribution in [0, 0.1) is 0 Å². The van der Waals surface area contributed by atoms with E-state index in [0.29, 0.717) is 12.2 Å². The Bertz CT molecular complexity index is 849. The Hall–Kier alpha value is -3.21. The van der Waals surface area contributed by atoms with E-state index in [9.17, 15) is 4.79 Å². The van der Waals surface area contributed by atoms with Gasteiger partial charge in [-0.2, -0.15) is 0 Å². The lowest BCUT2D eigenvalue weighted by molar-refractivity contribution is 0.102. The molecule has 0 bridgehead atoms. The molecule has 25 heavy (non-hydrogen) atoms. The number of benzene rings is 1. The van der Waals surface area contributed by atoms with Gasteiger partial charge < -0.3 is 10.6 Å². The van der Waals surface area contributed by atoms with E-state index in [0.717, 1.165) is 28.9 Å². The van der Waals surface area contributed by atoms with Gasteiger partial charge in [-0.25, -0.2) is 0 Å². The number of carbonyl (C=O) groups is 1. The van der Waals surface area contributed by atoms with Crippen molar-refractivity contribution in [3.8, 4) is 0 Å². The van der Waals surface area contributed by atoms with Gasteiger partial charge >= 0.3 is 0 Å². The standard InChI is InChI=1S/C20H20N4O/c1-2-16-5-3-4-6-18(16)24-20(25)19-13-17(9-12-22-19)23-14-15-7-10-21-11-8-15/h3-13H,2,14H2,1H3,(H,22,23)(H,24,25). The number of aryl methyl sites for hydroxylation is 1. The predicted octanol–water partition coefficient (Wildman–Crippen LogP) is 3.90. The van der Waals surface area contributed by atoms with Gasteiger partial charge in [0.05, 0.1) is 0 Å². The van der Waals surface area contributed by atoms with E-state index in [1.165, 1.54) is 0 Å². The zero-order chi connectivity index (χ0) is 17.5. The van der Waals surface area contributed by atoms with E-state index in [-0.39, 0.29) is 5.91 Å². The molecule has 0 atom stereocenters. The molecule has 0 aliphatic carbocycles.